The number of hydrogen-bond acceptors (Lipinski definition) is 3. The van der Waals surface area contributed by atoms with Crippen LogP contribution >= 0.6 is 23.2 Å². The molecule has 1 aliphatic carbocycles. The molecule has 1 saturated carbocycles. The Kier molecular flexibility index (Phi) is 3.38. The van der Waals surface area contributed by atoms with E-state index in [-0.39, 0.29) is 11.9 Å². The van der Waals surface area contributed by atoms with E-state index < -0.39 is 6.10 Å². The summed E-state index contributed by atoms with van der Waals surface area (Å²) in [7, 11) is 1.48. The number of carbonyl (C=O) groups excluding carboxylic acids is 1. The Bertz CT molecular complexity index is 420. The summed E-state index contributed by atoms with van der Waals surface area (Å²) >= 11 is 11.8. The summed E-state index contributed by atoms with van der Waals surface area (Å²) in [4.78, 5) is 11.2. The molecule has 0 bridgehead atoms. The molecule has 2 unspecified atom stereocenters. The van der Waals surface area contributed by atoms with E-state index >= 15 is 0 Å². The highest BCUT2D eigenvalue weighted by molar-refractivity contribution is 6.42. The zero-order valence-electron chi connectivity index (χ0n) is 8.57. The molecule has 0 aromatic heterocycles. The van der Waals surface area contributed by atoms with E-state index in [2.05, 4.69) is 0 Å². The molecule has 16 heavy (non-hydrogen) atoms. The first-order valence-corrected chi connectivity index (χ1v) is 5.55. The van der Waals surface area contributed by atoms with Crippen molar-refractivity contribution in [1.29, 1.82) is 0 Å². The van der Waals surface area contributed by atoms with Crippen molar-refractivity contribution in [3.8, 4) is 5.75 Å². The van der Waals surface area contributed by atoms with Crippen molar-refractivity contribution in [2.45, 2.75) is 18.6 Å². The lowest BCUT2D eigenvalue weighted by atomic mass is 9.90. The van der Waals surface area contributed by atoms with E-state index in [0.717, 1.165) is 0 Å². The van der Waals surface area contributed by atoms with Gasteiger partial charge in [-0.3, -0.25) is 4.79 Å². The molecular weight excluding hydrogens is 251 g/mol. The van der Waals surface area contributed by atoms with Gasteiger partial charge < -0.3 is 9.47 Å². The van der Waals surface area contributed by atoms with Gasteiger partial charge >= 0.3 is 0 Å². The molecule has 0 spiro atoms. The molecule has 1 aliphatic rings. The molecule has 1 aromatic carbocycles. The standard InChI is InChI=1S/C11H10Cl2O3/c1-15-11-7(14)5-9(11)16-8-4-2-3-6(12)10(8)13/h2-4,9,11H,5H2,1H3. The van der Waals surface area contributed by atoms with Crippen LogP contribution in [0.2, 0.25) is 10.0 Å². The third-order valence-corrected chi connectivity index (χ3v) is 3.31. The van der Waals surface area contributed by atoms with Gasteiger partial charge in [-0.25, -0.2) is 0 Å². The predicted octanol–water partition coefficient (Wildman–Crippen LogP) is 2.73. The van der Waals surface area contributed by atoms with Gasteiger partial charge in [-0.05, 0) is 12.1 Å². The lowest BCUT2D eigenvalue weighted by Crippen LogP contribution is -2.51. The highest BCUT2D eigenvalue weighted by Crippen LogP contribution is 2.34. The van der Waals surface area contributed by atoms with Crippen molar-refractivity contribution in [2.24, 2.45) is 0 Å². The molecule has 0 heterocycles. The van der Waals surface area contributed by atoms with E-state index in [9.17, 15) is 4.79 Å². The normalized spacial score (nSPS) is 24.1. The number of benzene rings is 1. The molecule has 0 amide bonds. The smallest absolute Gasteiger partial charge is 0.169 e. The number of hydrogen-bond donors (Lipinski definition) is 0. The fourth-order valence-corrected chi connectivity index (χ4v) is 1.93. The number of ketones is 1. The third-order valence-electron chi connectivity index (χ3n) is 2.51. The zero-order valence-corrected chi connectivity index (χ0v) is 10.1. The summed E-state index contributed by atoms with van der Waals surface area (Å²) in [6.45, 7) is 0. The molecule has 3 nitrogen and oxygen atoms in total. The van der Waals surface area contributed by atoms with Crippen LogP contribution in [-0.4, -0.2) is 25.1 Å². The van der Waals surface area contributed by atoms with Crippen molar-refractivity contribution in [3.63, 3.8) is 0 Å². The molecule has 0 saturated heterocycles. The molecule has 86 valence electrons. The number of Topliss-reactive ketones (excluding diaryl/α,β-unsaturated/α-hetero) is 1. The van der Waals surface area contributed by atoms with Crippen LogP contribution in [0.15, 0.2) is 18.2 Å². The van der Waals surface area contributed by atoms with E-state index in [0.29, 0.717) is 22.2 Å². The van der Waals surface area contributed by atoms with Gasteiger partial charge in [0, 0.05) is 13.5 Å². The molecule has 2 rings (SSSR count). The Morgan fingerprint density at radius 2 is 2.12 bits per heavy atom. The van der Waals surface area contributed by atoms with Crippen LogP contribution in [0.1, 0.15) is 6.42 Å². The molecule has 2 atom stereocenters. The first-order valence-electron chi connectivity index (χ1n) is 4.79. The van der Waals surface area contributed by atoms with Crippen LogP contribution in [0.3, 0.4) is 0 Å². The number of ether oxygens (including phenoxy) is 2. The molecular formula is C11H10Cl2O3. The number of carbonyl (C=O) groups is 1. The fraction of sp³-hybridized carbons (Fsp3) is 0.364. The maximum absolute atomic E-state index is 11.2. The average molecular weight is 261 g/mol. The minimum absolute atomic E-state index is 0.0469. The SMILES string of the molecule is COC1C(=O)CC1Oc1cccc(Cl)c1Cl. The lowest BCUT2D eigenvalue weighted by molar-refractivity contribution is -0.150. The van der Waals surface area contributed by atoms with Crippen LogP contribution in [-0.2, 0) is 9.53 Å². The fourth-order valence-electron chi connectivity index (χ4n) is 1.59. The molecule has 1 aromatic rings. The van der Waals surface area contributed by atoms with Crippen LogP contribution < -0.4 is 4.74 Å². The molecule has 1 fully saturated rings. The topological polar surface area (TPSA) is 35.5 Å². The second kappa shape index (κ2) is 4.62. The second-order valence-electron chi connectivity index (χ2n) is 3.53. The molecule has 0 aliphatic heterocycles. The highest BCUT2D eigenvalue weighted by atomic mass is 35.5. The zero-order chi connectivity index (χ0) is 11.7. The predicted molar refractivity (Wildman–Crippen MR) is 61.3 cm³/mol. The maximum Gasteiger partial charge on any atom is 0.169 e. The highest BCUT2D eigenvalue weighted by Gasteiger charge is 2.42. The van der Waals surface area contributed by atoms with Gasteiger partial charge in [0.15, 0.2) is 11.9 Å². The maximum atomic E-state index is 11.2. The largest absolute Gasteiger partial charge is 0.485 e. The Hall–Kier alpha value is -0.770. The monoisotopic (exact) mass is 260 g/mol. The summed E-state index contributed by atoms with van der Waals surface area (Å²) < 4.78 is 10.6. The Morgan fingerprint density at radius 3 is 2.75 bits per heavy atom. The van der Waals surface area contributed by atoms with Gasteiger partial charge in [-0.2, -0.15) is 0 Å². The summed E-state index contributed by atoms with van der Waals surface area (Å²) in [6, 6.07) is 5.13. The van der Waals surface area contributed by atoms with Crippen molar-refractivity contribution >= 4 is 29.0 Å². The van der Waals surface area contributed by atoms with Crippen molar-refractivity contribution in [1.82, 2.24) is 0 Å². The summed E-state index contributed by atoms with van der Waals surface area (Å²) in [5.74, 6) is 0.527. The number of rotatable bonds is 3. The summed E-state index contributed by atoms with van der Waals surface area (Å²) in [6.07, 6.45) is -0.412. The summed E-state index contributed by atoms with van der Waals surface area (Å²) in [5, 5.41) is 0.789. The first kappa shape index (κ1) is 11.7. The Balaban J connectivity index is 2.10. The molecule has 5 heteroatoms. The Labute approximate surface area is 103 Å². The van der Waals surface area contributed by atoms with Crippen LogP contribution in [0.5, 0.6) is 5.75 Å². The van der Waals surface area contributed by atoms with Crippen LogP contribution in [0.25, 0.3) is 0 Å². The van der Waals surface area contributed by atoms with Gasteiger partial charge in [0.1, 0.15) is 16.9 Å². The van der Waals surface area contributed by atoms with Gasteiger partial charge in [0.05, 0.1) is 5.02 Å². The molecule has 0 radical (unpaired) electrons. The summed E-state index contributed by atoms with van der Waals surface area (Å²) in [5.41, 5.74) is 0. The number of halogens is 2. The van der Waals surface area contributed by atoms with Crippen molar-refractivity contribution in [2.75, 3.05) is 7.11 Å². The quantitative estimate of drug-likeness (QED) is 0.839. The van der Waals surface area contributed by atoms with E-state index in [1.54, 1.807) is 18.2 Å². The van der Waals surface area contributed by atoms with Gasteiger partial charge in [-0.15, -0.1) is 0 Å². The molecule has 0 N–H and O–H groups in total. The van der Waals surface area contributed by atoms with Crippen molar-refractivity contribution in [3.05, 3.63) is 28.2 Å². The first-order chi connectivity index (χ1) is 7.63. The lowest BCUT2D eigenvalue weighted by Gasteiger charge is -2.33. The van der Waals surface area contributed by atoms with Gasteiger partial charge in [-0.1, -0.05) is 29.3 Å². The van der Waals surface area contributed by atoms with Gasteiger partial charge in [0.25, 0.3) is 0 Å². The van der Waals surface area contributed by atoms with Gasteiger partial charge in [0.2, 0.25) is 0 Å². The van der Waals surface area contributed by atoms with Crippen LogP contribution in [0, 0.1) is 0 Å². The van der Waals surface area contributed by atoms with E-state index in [1.165, 1.54) is 7.11 Å². The minimum Gasteiger partial charge on any atom is -0.485 e. The Morgan fingerprint density at radius 1 is 1.38 bits per heavy atom. The minimum atomic E-state index is -0.491. The average Bonchev–Trinajstić information content (AvgIpc) is 2.24. The number of methoxy groups -OCH3 is 1. The van der Waals surface area contributed by atoms with Crippen molar-refractivity contribution < 1.29 is 14.3 Å². The third kappa shape index (κ3) is 2.03. The van der Waals surface area contributed by atoms with E-state index in [1.807, 2.05) is 0 Å². The second-order valence-corrected chi connectivity index (χ2v) is 4.32. The van der Waals surface area contributed by atoms with Crippen LogP contribution in [0.4, 0.5) is 0 Å². The van der Waals surface area contributed by atoms with E-state index in [4.69, 9.17) is 32.7 Å².